The fourth-order valence-corrected chi connectivity index (χ4v) is 3.23. The number of hydrogen-bond acceptors (Lipinski definition) is 4. The average Bonchev–Trinajstić information content (AvgIpc) is 2.69. The summed E-state index contributed by atoms with van der Waals surface area (Å²) in [6, 6.07) is 12.3. The molecule has 2 aromatic rings. The highest BCUT2D eigenvalue weighted by molar-refractivity contribution is 7.90. The summed E-state index contributed by atoms with van der Waals surface area (Å²) in [4.78, 5) is 14.2. The van der Waals surface area contributed by atoms with Crippen molar-refractivity contribution < 1.29 is 26.7 Å². The molecule has 2 aromatic carbocycles. The van der Waals surface area contributed by atoms with Crippen LogP contribution in [0.1, 0.15) is 24.1 Å². The Hall–Kier alpha value is -2.68. The Labute approximate surface area is 169 Å². The minimum Gasteiger partial charge on any atom is -0.488 e. The van der Waals surface area contributed by atoms with E-state index in [2.05, 4.69) is 5.32 Å². The first-order valence-corrected chi connectivity index (χ1v) is 10.8. The Morgan fingerprint density at radius 3 is 2.41 bits per heavy atom. The topological polar surface area (TPSA) is 75.7 Å². The van der Waals surface area contributed by atoms with Crippen LogP contribution in [0.4, 0.5) is 13.6 Å². The van der Waals surface area contributed by atoms with Crippen LogP contribution in [0, 0.1) is 0 Å². The van der Waals surface area contributed by atoms with Crippen molar-refractivity contribution in [2.24, 2.45) is 0 Å². The number of halogens is 2. The third-order valence-corrected chi connectivity index (χ3v) is 5.54. The monoisotopic (exact) mass is 426 g/mol. The lowest BCUT2D eigenvalue weighted by atomic mass is 10.1. The molecule has 9 heteroatoms. The molecule has 0 saturated carbocycles. The van der Waals surface area contributed by atoms with Crippen molar-refractivity contribution >= 4 is 15.9 Å². The summed E-state index contributed by atoms with van der Waals surface area (Å²) in [5.74, 6) is 0.310. The molecule has 0 aromatic heterocycles. The number of carbonyl (C=O) groups is 1. The lowest BCUT2D eigenvalue weighted by Crippen LogP contribution is -2.38. The fourth-order valence-electron chi connectivity index (χ4n) is 2.60. The van der Waals surface area contributed by atoms with E-state index in [-0.39, 0.29) is 23.5 Å². The van der Waals surface area contributed by atoms with Gasteiger partial charge < -0.3 is 15.0 Å². The second kappa shape index (κ2) is 9.69. The smallest absolute Gasteiger partial charge is 0.317 e. The van der Waals surface area contributed by atoms with Gasteiger partial charge in [0.1, 0.15) is 12.4 Å². The molecule has 0 aliphatic heterocycles. The van der Waals surface area contributed by atoms with Crippen molar-refractivity contribution in [2.45, 2.75) is 30.8 Å². The van der Waals surface area contributed by atoms with Gasteiger partial charge in [0.2, 0.25) is 0 Å². The summed E-state index contributed by atoms with van der Waals surface area (Å²) in [5.41, 5.74) is 1.50. The Bertz CT molecular complexity index is 934. The molecule has 6 nitrogen and oxygen atoms in total. The third-order valence-electron chi connectivity index (χ3n) is 4.41. The molecule has 0 aliphatic rings. The van der Waals surface area contributed by atoms with E-state index in [4.69, 9.17) is 4.74 Å². The first-order chi connectivity index (χ1) is 13.6. The summed E-state index contributed by atoms with van der Waals surface area (Å²) < 4.78 is 52.6. The van der Waals surface area contributed by atoms with E-state index in [1.165, 1.54) is 17.0 Å². The van der Waals surface area contributed by atoms with Gasteiger partial charge in [0.25, 0.3) is 6.43 Å². The fraction of sp³-hybridized carbons (Fsp3) is 0.350. The molecular weight excluding hydrogens is 402 g/mol. The summed E-state index contributed by atoms with van der Waals surface area (Å²) in [5, 5.41) is 2.76. The number of sulfone groups is 1. The van der Waals surface area contributed by atoms with Crippen molar-refractivity contribution in [1.82, 2.24) is 10.2 Å². The van der Waals surface area contributed by atoms with Crippen LogP contribution < -0.4 is 10.1 Å². The number of hydrogen-bond donors (Lipinski definition) is 1. The van der Waals surface area contributed by atoms with E-state index in [1.54, 1.807) is 43.4 Å². The van der Waals surface area contributed by atoms with Crippen LogP contribution in [0.5, 0.6) is 5.75 Å². The van der Waals surface area contributed by atoms with E-state index in [0.717, 1.165) is 11.8 Å². The number of amides is 2. The maximum absolute atomic E-state index is 12.4. The number of rotatable bonds is 8. The number of benzene rings is 2. The second-order valence-electron chi connectivity index (χ2n) is 6.64. The molecule has 0 spiro atoms. The van der Waals surface area contributed by atoms with Crippen LogP contribution in [0.15, 0.2) is 53.4 Å². The highest BCUT2D eigenvalue weighted by atomic mass is 32.2. The zero-order valence-corrected chi connectivity index (χ0v) is 17.2. The number of carbonyl (C=O) groups excluding carboxylic acids is 1. The molecule has 158 valence electrons. The standard InChI is InChI=1S/C20H24F2N2O4S/c1-14(16-7-9-18(10-8-16)29(3,26)27)24(2)20(25)23-12-15-5-4-6-17(11-15)28-13-19(21)22/h4-11,14,19H,12-13H2,1-3H3,(H,23,25). The largest absolute Gasteiger partial charge is 0.488 e. The molecule has 1 unspecified atom stereocenters. The van der Waals surface area contributed by atoms with Gasteiger partial charge in [-0.1, -0.05) is 24.3 Å². The number of alkyl halides is 2. The number of ether oxygens (including phenoxy) is 1. The van der Waals surface area contributed by atoms with Crippen LogP contribution in [0.2, 0.25) is 0 Å². The molecular formula is C20H24F2N2O4S. The van der Waals surface area contributed by atoms with Crippen molar-refractivity contribution in [3.05, 3.63) is 59.7 Å². The van der Waals surface area contributed by atoms with Crippen LogP contribution in [0.3, 0.4) is 0 Å². The Kier molecular flexibility index (Phi) is 7.55. The highest BCUT2D eigenvalue weighted by Gasteiger charge is 2.18. The summed E-state index contributed by atoms with van der Waals surface area (Å²) in [6.45, 7) is 1.34. The molecule has 29 heavy (non-hydrogen) atoms. The van der Waals surface area contributed by atoms with Crippen molar-refractivity contribution in [2.75, 3.05) is 19.9 Å². The first-order valence-electron chi connectivity index (χ1n) is 8.88. The lowest BCUT2D eigenvalue weighted by molar-refractivity contribution is 0.0818. The van der Waals surface area contributed by atoms with Gasteiger partial charge >= 0.3 is 6.03 Å². The number of urea groups is 1. The third kappa shape index (κ3) is 6.70. The van der Waals surface area contributed by atoms with E-state index < -0.39 is 22.9 Å². The summed E-state index contributed by atoms with van der Waals surface area (Å²) in [7, 11) is -1.65. The van der Waals surface area contributed by atoms with Gasteiger partial charge in [0.15, 0.2) is 9.84 Å². The molecule has 1 atom stereocenters. The van der Waals surface area contributed by atoms with Gasteiger partial charge in [-0.2, -0.15) is 0 Å². The summed E-state index contributed by atoms with van der Waals surface area (Å²) >= 11 is 0. The molecule has 1 N–H and O–H groups in total. The van der Waals surface area contributed by atoms with E-state index in [9.17, 15) is 22.0 Å². The van der Waals surface area contributed by atoms with E-state index in [1.807, 2.05) is 6.92 Å². The Balaban J connectivity index is 1.95. The first kappa shape index (κ1) is 22.6. The van der Waals surface area contributed by atoms with Crippen molar-refractivity contribution in [3.63, 3.8) is 0 Å². The maximum atomic E-state index is 12.4. The van der Waals surface area contributed by atoms with Crippen LogP contribution in [0.25, 0.3) is 0 Å². The molecule has 2 rings (SSSR count). The predicted octanol–water partition coefficient (Wildman–Crippen LogP) is 3.64. The van der Waals surface area contributed by atoms with Gasteiger partial charge in [0, 0.05) is 19.8 Å². The lowest BCUT2D eigenvalue weighted by Gasteiger charge is -2.26. The zero-order chi connectivity index (χ0) is 21.6. The number of nitrogens with zero attached hydrogens (tertiary/aromatic N) is 1. The van der Waals surface area contributed by atoms with E-state index in [0.29, 0.717) is 11.3 Å². The molecule has 0 saturated heterocycles. The Morgan fingerprint density at radius 2 is 1.83 bits per heavy atom. The Morgan fingerprint density at radius 1 is 1.17 bits per heavy atom. The minimum absolute atomic E-state index is 0.203. The highest BCUT2D eigenvalue weighted by Crippen LogP contribution is 2.21. The quantitative estimate of drug-likeness (QED) is 0.699. The minimum atomic E-state index is -3.28. The predicted molar refractivity (Wildman–Crippen MR) is 106 cm³/mol. The molecule has 0 aliphatic carbocycles. The van der Waals surface area contributed by atoms with Crippen LogP contribution in [-0.2, 0) is 16.4 Å². The van der Waals surface area contributed by atoms with Gasteiger partial charge in [-0.05, 0) is 42.3 Å². The number of nitrogens with one attached hydrogen (secondary N) is 1. The summed E-state index contributed by atoms with van der Waals surface area (Å²) in [6.07, 6.45) is -1.42. The normalized spacial score (nSPS) is 12.5. The molecule has 0 radical (unpaired) electrons. The average molecular weight is 426 g/mol. The molecule has 2 amide bonds. The van der Waals surface area contributed by atoms with Crippen molar-refractivity contribution in [3.8, 4) is 5.75 Å². The van der Waals surface area contributed by atoms with Gasteiger partial charge in [-0.3, -0.25) is 0 Å². The zero-order valence-electron chi connectivity index (χ0n) is 16.4. The SMILES string of the molecule is CC(c1ccc(S(C)(=O)=O)cc1)N(C)C(=O)NCc1cccc(OCC(F)F)c1. The maximum Gasteiger partial charge on any atom is 0.317 e. The second-order valence-corrected chi connectivity index (χ2v) is 8.65. The van der Waals surface area contributed by atoms with Gasteiger partial charge in [-0.15, -0.1) is 0 Å². The van der Waals surface area contributed by atoms with Crippen LogP contribution >= 0.6 is 0 Å². The molecule has 0 heterocycles. The molecule has 0 fully saturated rings. The molecule has 0 bridgehead atoms. The van der Waals surface area contributed by atoms with Gasteiger partial charge in [-0.25, -0.2) is 22.0 Å². The van der Waals surface area contributed by atoms with Gasteiger partial charge in [0.05, 0.1) is 10.9 Å². The van der Waals surface area contributed by atoms with Crippen LogP contribution in [-0.4, -0.2) is 45.7 Å². The van der Waals surface area contributed by atoms with E-state index >= 15 is 0 Å². The van der Waals surface area contributed by atoms with Crippen molar-refractivity contribution in [1.29, 1.82) is 0 Å².